The molecular formula is C28H29N3O3. The van der Waals surface area contributed by atoms with Gasteiger partial charge in [0.05, 0.1) is 12.1 Å². The molecule has 5 rings (SSSR count). The van der Waals surface area contributed by atoms with Crippen LogP contribution in [0.2, 0.25) is 0 Å². The van der Waals surface area contributed by atoms with Gasteiger partial charge in [0, 0.05) is 37.4 Å². The number of aryl methyl sites for hydroxylation is 3. The number of benzene rings is 3. The Balaban J connectivity index is 1.35. The largest absolute Gasteiger partial charge is 0.420 e. The summed E-state index contributed by atoms with van der Waals surface area (Å²) in [7, 11) is 0. The van der Waals surface area contributed by atoms with Gasteiger partial charge in [0.1, 0.15) is 0 Å². The van der Waals surface area contributed by atoms with Crippen LogP contribution in [-0.2, 0) is 6.54 Å². The number of carbonyl (C=O) groups excluding carboxylic acids is 1. The van der Waals surface area contributed by atoms with Crippen LogP contribution in [0.4, 0.5) is 5.69 Å². The van der Waals surface area contributed by atoms with Crippen LogP contribution in [0.5, 0.6) is 0 Å². The molecule has 0 aliphatic carbocycles. The SMILES string of the molecule is Cc1ccc(Cn2c(=O)oc3ccc(C(=O)N4CCN(c5cc(C)ccc5C)CC4)cc32)cc1. The molecule has 3 aromatic carbocycles. The first-order valence-corrected chi connectivity index (χ1v) is 11.7. The average molecular weight is 456 g/mol. The molecule has 0 spiro atoms. The van der Waals surface area contributed by atoms with Crippen molar-refractivity contribution in [2.75, 3.05) is 31.1 Å². The number of oxazole rings is 1. The van der Waals surface area contributed by atoms with Gasteiger partial charge in [-0.3, -0.25) is 9.36 Å². The van der Waals surface area contributed by atoms with Crippen LogP contribution in [0.1, 0.15) is 32.6 Å². The number of piperazine rings is 1. The number of nitrogens with zero attached hydrogens (tertiary/aromatic N) is 3. The normalized spacial score (nSPS) is 14.1. The molecule has 6 nitrogen and oxygen atoms in total. The molecule has 1 aliphatic rings. The van der Waals surface area contributed by atoms with Crippen molar-refractivity contribution in [2.45, 2.75) is 27.3 Å². The molecule has 1 fully saturated rings. The van der Waals surface area contributed by atoms with E-state index in [1.54, 1.807) is 22.8 Å². The summed E-state index contributed by atoms with van der Waals surface area (Å²) in [5.41, 5.74) is 7.62. The predicted octanol–water partition coefficient (Wildman–Crippen LogP) is 4.53. The molecule has 0 unspecified atom stereocenters. The van der Waals surface area contributed by atoms with E-state index in [9.17, 15) is 9.59 Å². The summed E-state index contributed by atoms with van der Waals surface area (Å²) in [5, 5.41) is 0. The van der Waals surface area contributed by atoms with Crippen molar-refractivity contribution in [2.24, 2.45) is 0 Å². The van der Waals surface area contributed by atoms with Crippen LogP contribution in [0, 0.1) is 20.8 Å². The van der Waals surface area contributed by atoms with E-state index in [1.807, 2.05) is 36.1 Å². The maximum atomic E-state index is 13.3. The second kappa shape index (κ2) is 8.86. The van der Waals surface area contributed by atoms with Crippen LogP contribution < -0.4 is 10.7 Å². The number of fused-ring (bicyclic) bond motifs is 1. The minimum absolute atomic E-state index is 0.0157. The van der Waals surface area contributed by atoms with E-state index in [0.717, 1.165) is 18.7 Å². The second-order valence-electron chi connectivity index (χ2n) is 9.19. The van der Waals surface area contributed by atoms with Gasteiger partial charge in [-0.25, -0.2) is 4.79 Å². The van der Waals surface area contributed by atoms with Crippen LogP contribution in [0.15, 0.2) is 69.9 Å². The first-order valence-electron chi connectivity index (χ1n) is 11.7. The van der Waals surface area contributed by atoms with Gasteiger partial charge in [0.2, 0.25) is 0 Å². The molecule has 6 heteroatoms. The highest BCUT2D eigenvalue weighted by Crippen LogP contribution is 2.24. The lowest BCUT2D eigenvalue weighted by Crippen LogP contribution is -2.49. The van der Waals surface area contributed by atoms with Gasteiger partial charge in [0.15, 0.2) is 5.58 Å². The summed E-state index contributed by atoms with van der Waals surface area (Å²) in [6.45, 7) is 9.57. The molecular weight excluding hydrogens is 426 g/mol. The highest BCUT2D eigenvalue weighted by Gasteiger charge is 2.24. The van der Waals surface area contributed by atoms with Gasteiger partial charge in [-0.05, 0) is 61.7 Å². The maximum Gasteiger partial charge on any atom is 0.420 e. The lowest BCUT2D eigenvalue weighted by atomic mass is 10.1. The van der Waals surface area contributed by atoms with E-state index in [4.69, 9.17) is 4.42 Å². The molecule has 0 atom stereocenters. The highest BCUT2D eigenvalue weighted by atomic mass is 16.4. The Hall–Kier alpha value is -3.80. The number of anilines is 1. The van der Waals surface area contributed by atoms with Gasteiger partial charge >= 0.3 is 5.76 Å². The summed E-state index contributed by atoms with van der Waals surface area (Å²) < 4.78 is 7.03. The number of rotatable bonds is 4. The van der Waals surface area contributed by atoms with Crippen molar-refractivity contribution in [1.82, 2.24) is 9.47 Å². The first-order chi connectivity index (χ1) is 16.4. The van der Waals surface area contributed by atoms with Crippen molar-refractivity contribution in [3.05, 3.63) is 99.0 Å². The highest BCUT2D eigenvalue weighted by molar-refractivity contribution is 5.97. The molecule has 1 aromatic heterocycles. The standard InChI is InChI=1S/C28H29N3O3/c1-19-5-8-22(9-6-19)18-31-25-17-23(10-11-26(25)34-28(31)33)27(32)30-14-12-29(13-15-30)24-16-20(2)4-7-21(24)3/h4-11,16-17H,12-15,18H2,1-3H3. The van der Waals surface area contributed by atoms with E-state index in [1.165, 1.54) is 22.4 Å². The molecule has 0 radical (unpaired) electrons. The third kappa shape index (κ3) is 4.23. The van der Waals surface area contributed by atoms with Crippen molar-refractivity contribution in [3.8, 4) is 0 Å². The predicted molar refractivity (Wildman–Crippen MR) is 135 cm³/mol. The summed E-state index contributed by atoms with van der Waals surface area (Å²) >= 11 is 0. The quantitative estimate of drug-likeness (QED) is 0.454. The average Bonchev–Trinajstić information content (AvgIpc) is 3.16. The van der Waals surface area contributed by atoms with Crippen molar-refractivity contribution in [1.29, 1.82) is 0 Å². The molecule has 0 saturated carbocycles. The Labute approximate surface area is 199 Å². The van der Waals surface area contributed by atoms with Crippen LogP contribution >= 0.6 is 0 Å². The third-order valence-corrected chi connectivity index (χ3v) is 6.65. The molecule has 0 bridgehead atoms. The molecule has 34 heavy (non-hydrogen) atoms. The Kier molecular flexibility index (Phi) is 5.74. The van der Waals surface area contributed by atoms with Gasteiger partial charge < -0.3 is 14.2 Å². The minimum Gasteiger partial charge on any atom is -0.408 e. The van der Waals surface area contributed by atoms with Gasteiger partial charge in [-0.1, -0.05) is 42.0 Å². The van der Waals surface area contributed by atoms with E-state index in [0.29, 0.717) is 36.3 Å². The summed E-state index contributed by atoms with van der Waals surface area (Å²) in [4.78, 5) is 30.1. The summed E-state index contributed by atoms with van der Waals surface area (Å²) in [5.74, 6) is -0.430. The Morgan fingerprint density at radius 2 is 1.56 bits per heavy atom. The Morgan fingerprint density at radius 3 is 2.29 bits per heavy atom. The Morgan fingerprint density at radius 1 is 0.853 bits per heavy atom. The fourth-order valence-electron chi connectivity index (χ4n) is 4.61. The second-order valence-corrected chi connectivity index (χ2v) is 9.19. The van der Waals surface area contributed by atoms with Gasteiger partial charge in [-0.15, -0.1) is 0 Å². The topological polar surface area (TPSA) is 58.7 Å². The van der Waals surface area contributed by atoms with E-state index in [2.05, 4.69) is 36.9 Å². The van der Waals surface area contributed by atoms with Gasteiger partial charge in [-0.2, -0.15) is 0 Å². The van der Waals surface area contributed by atoms with E-state index >= 15 is 0 Å². The van der Waals surface area contributed by atoms with Crippen molar-refractivity contribution >= 4 is 22.7 Å². The van der Waals surface area contributed by atoms with Crippen LogP contribution in [0.3, 0.4) is 0 Å². The zero-order valence-corrected chi connectivity index (χ0v) is 19.9. The lowest BCUT2D eigenvalue weighted by Gasteiger charge is -2.37. The molecule has 1 saturated heterocycles. The number of aromatic nitrogens is 1. The monoisotopic (exact) mass is 455 g/mol. The number of hydrogen-bond donors (Lipinski definition) is 0. The molecule has 0 N–H and O–H groups in total. The number of hydrogen-bond acceptors (Lipinski definition) is 4. The van der Waals surface area contributed by atoms with Gasteiger partial charge in [0.25, 0.3) is 5.91 Å². The third-order valence-electron chi connectivity index (χ3n) is 6.65. The lowest BCUT2D eigenvalue weighted by molar-refractivity contribution is 0.0747. The van der Waals surface area contributed by atoms with Crippen LogP contribution in [0.25, 0.3) is 11.1 Å². The molecule has 1 aliphatic heterocycles. The Bertz CT molecular complexity index is 1410. The van der Waals surface area contributed by atoms with E-state index < -0.39 is 5.76 Å². The molecule has 2 heterocycles. The smallest absolute Gasteiger partial charge is 0.408 e. The fraction of sp³-hybridized carbons (Fsp3) is 0.286. The van der Waals surface area contributed by atoms with E-state index in [-0.39, 0.29) is 5.91 Å². The first kappa shape index (κ1) is 22.0. The zero-order valence-electron chi connectivity index (χ0n) is 19.9. The molecule has 4 aromatic rings. The summed E-state index contributed by atoms with van der Waals surface area (Å²) in [6.07, 6.45) is 0. The fourth-order valence-corrected chi connectivity index (χ4v) is 4.61. The molecule has 174 valence electrons. The zero-order chi connectivity index (χ0) is 23.8. The number of amides is 1. The maximum absolute atomic E-state index is 13.3. The molecule has 1 amide bonds. The summed E-state index contributed by atoms with van der Waals surface area (Å²) in [6, 6.07) is 19.8. The van der Waals surface area contributed by atoms with Crippen molar-refractivity contribution < 1.29 is 9.21 Å². The minimum atomic E-state index is -0.415. The van der Waals surface area contributed by atoms with Crippen LogP contribution in [-0.4, -0.2) is 41.6 Å². The number of carbonyl (C=O) groups is 1. The van der Waals surface area contributed by atoms with Crippen molar-refractivity contribution in [3.63, 3.8) is 0 Å².